The molecule has 0 spiro atoms. The Morgan fingerprint density at radius 1 is 0.952 bits per heavy atom. The lowest BCUT2D eigenvalue weighted by Crippen LogP contribution is -2.32. The fraction of sp³-hybridized carbons (Fsp3) is 0.194. The van der Waals surface area contributed by atoms with Crippen LogP contribution < -0.4 is 15.5 Å². The lowest BCUT2D eigenvalue weighted by Gasteiger charge is -2.12. The van der Waals surface area contributed by atoms with Crippen molar-refractivity contribution in [2.24, 2.45) is 5.10 Å². The second kappa shape index (κ2) is 13.0. The molecule has 0 radical (unpaired) electrons. The van der Waals surface area contributed by atoms with Gasteiger partial charge in [0.15, 0.2) is 0 Å². The number of nitrogens with one attached hydrogen (secondary N) is 2. The number of carbonyl (C=O) groups is 4. The number of aryl methyl sites for hydroxylation is 1. The third-order valence-corrected chi connectivity index (χ3v) is 8.21. The smallest absolute Gasteiger partial charge is 0.345 e. The first-order chi connectivity index (χ1) is 20.4. The standard InChI is InChI=1S/C31H26ClN3O6S/c1-2-40-31(39)26-21-12-6-8-14-25(21)42-29(26)34-27(36)28(37)35-33-17-22-19-10-4-3-9-18(19)15-16-24(22)41-30(38)20-11-5-7-13-23(20)32/h3-5,7,9-11,13,15-17H,2,6,8,12,14H2,1H3,(H,34,36)(H,35,37)/b33-17-. The van der Waals surface area contributed by atoms with E-state index in [-0.39, 0.29) is 27.9 Å². The number of anilines is 1. The van der Waals surface area contributed by atoms with Crippen LogP contribution in [0, 0.1) is 0 Å². The van der Waals surface area contributed by atoms with E-state index >= 15 is 0 Å². The predicted molar refractivity (Wildman–Crippen MR) is 162 cm³/mol. The van der Waals surface area contributed by atoms with E-state index in [0.717, 1.165) is 35.1 Å². The van der Waals surface area contributed by atoms with Crippen LogP contribution in [0.5, 0.6) is 5.75 Å². The largest absolute Gasteiger partial charge is 0.462 e. The van der Waals surface area contributed by atoms with Crippen LogP contribution in [0.1, 0.15) is 56.5 Å². The van der Waals surface area contributed by atoms with Crippen LogP contribution in [0.25, 0.3) is 10.8 Å². The number of amides is 2. The normalized spacial score (nSPS) is 12.5. The number of thiophene rings is 1. The van der Waals surface area contributed by atoms with Gasteiger partial charge in [-0.25, -0.2) is 15.0 Å². The van der Waals surface area contributed by atoms with Crippen LogP contribution in [0.3, 0.4) is 0 Å². The van der Waals surface area contributed by atoms with E-state index in [2.05, 4.69) is 15.8 Å². The highest BCUT2D eigenvalue weighted by Gasteiger charge is 2.28. The Kier molecular flexibility index (Phi) is 8.94. The predicted octanol–water partition coefficient (Wildman–Crippen LogP) is 5.92. The van der Waals surface area contributed by atoms with E-state index in [1.807, 2.05) is 24.3 Å². The van der Waals surface area contributed by atoms with Crippen molar-refractivity contribution < 1.29 is 28.7 Å². The number of esters is 2. The summed E-state index contributed by atoms with van der Waals surface area (Å²) < 4.78 is 10.9. The lowest BCUT2D eigenvalue weighted by atomic mass is 9.95. The van der Waals surface area contributed by atoms with Gasteiger partial charge in [0.1, 0.15) is 10.8 Å². The average molecular weight is 604 g/mol. The summed E-state index contributed by atoms with van der Waals surface area (Å²) in [6, 6.07) is 17.3. The van der Waals surface area contributed by atoms with E-state index in [1.54, 1.807) is 43.3 Å². The molecule has 1 heterocycles. The molecule has 9 nitrogen and oxygen atoms in total. The summed E-state index contributed by atoms with van der Waals surface area (Å²) in [6.07, 6.45) is 4.73. The molecular weight excluding hydrogens is 578 g/mol. The van der Waals surface area contributed by atoms with Gasteiger partial charge in [-0.3, -0.25) is 9.59 Å². The zero-order chi connectivity index (χ0) is 29.6. The van der Waals surface area contributed by atoms with Crippen molar-refractivity contribution in [3.63, 3.8) is 0 Å². The van der Waals surface area contributed by atoms with Gasteiger partial charge in [0.25, 0.3) is 0 Å². The van der Waals surface area contributed by atoms with Crippen LogP contribution in [0.2, 0.25) is 5.02 Å². The van der Waals surface area contributed by atoms with Crippen molar-refractivity contribution in [3.05, 3.63) is 92.8 Å². The van der Waals surface area contributed by atoms with Crippen LogP contribution >= 0.6 is 22.9 Å². The van der Waals surface area contributed by atoms with Crippen molar-refractivity contribution >= 4 is 68.7 Å². The van der Waals surface area contributed by atoms with Gasteiger partial charge in [0.05, 0.1) is 29.0 Å². The third-order valence-electron chi connectivity index (χ3n) is 6.67. The van der Waals surface area contributed by atoms with Crippen molar-refractivity contribution in [1.82, 2.24) is 5.43 Å². The van der Waals surface area contributed by atoms with Crippen LogP contribution in [-0.2, 0) is 27.2 Å². The van der Waals surface area contributed by atoms with Crippen LogP contribution in [0.4, 0.5) is 5.00 Å². The maximum absolute atomic E-state index is 12.9. The van der Waals surface area contributed by atoms with Crippen molar-refractivity contribution in [2.45, 2.75) is 32.6 Å². The topological polar surface area (TPSA) is 123 Å². The lowest BCUT2D eigenvalue weighted by molar-refractivity contribution is -0.136. The number of nitrogens with zero attached hydrogens (tertiary/aromatic N) is 1. The van der Waals surface area contributed by atoms with E-state index in [1.165, 1.54) is 17.6 Å². The molecule has 1 aliphatic rings. The Hall–Kier alpha value is -4.54. The first kappa shape index (κ1) is 29.0. The minimum Gasteiger partial charge on any atom is -0.462 e. The molecule has 3 aromatic carbocycles. The van der Waals surface area contributed by atoms with E-state index < -0.39 is 23.8 Å². The maximum atomic E-state index is 12.9. The Morgan fingerprint density at radius 2 is 1.71 bits per heavy atom. The minimum atomic E-state index is -1.04. The van der Waals surface area contributed by atoms with Crippen molar-refractivity contribution in [3.8, 4) is 5.75 Å². The molecule has 1 aromatic heterocycles. The Labute approximate surface area is 250 Å². The molecule has 214 valence electrons. The molecular formula is C31H26ClN3O6S. The van der Waals surface area contributed by atoms with Gasteiger partial charge in [-0.15, -0.1) is 11.3 Å². The molecule has 5 rings (SSSR count). The van der Waals surface area contributed by atoms with Crippen LogP contribution in [-0.4, -0.2) is 36.6 Å². The Bertz CT molecular complexity index is 1730. The monoisotopic (exact) mass is 603 g/mol. The summed E-state index contributed by atoms with van der Waals surface area (Å²) in [5, 5.41) is 8.60. The SMILES string of the molecule is CCOC(=O)c1c(NC(=O)C(=O)N/N=C\c2c(OC(=O)c3ccccc3Cl)ccc3ccccc23)sc2c1CCCC2. The van der Waals surface area contributed by atoms with Crippen LogP contribution in [0.15, 0.2) is 65.8 Å². The Morgan fingerprint density at radius 3 is 2.52 bits per heavy atom. The van der Waals surface area contributed by atoms with Gasteiger partial charge >= 0.3 is 23.8 Å². The first-order valence-corrected chi connectivity index (χ1v) is 14.5. The minimum absolute atomic E-state index is 0.185. The van der Waals surface area contributed by atoms with Gasteiger partial charge in [0.2, 0.25) is 0 Å². The molecule has 42 heavy (non-hydrogen) atoms. The quantitative estimate of drug-likeness (QED) is 0.0889. The highest BCUT2D eigenvalue weighted by Crippen LogP contribution is 2.38. The van der Waals surface area contributed by atoms with Gasteiger partial charge in [-0.2, -0.15) is 5.10 Å². The number of halogens is 1. The summed E-state index contributed by atoms with van der Waals surface area (Å²) in [4.78, 5) is 52.0. The summed E-state index contributed by atoms with van der Waals surface area (Å²) in [6.45, 7) is 1.90. The molecule has 2 N–H and O–H groups in total. The fourth-order valence-corrected chi connectivity index (χ4v) is 6.20. The highest BCUT2D eigenvalue weighted by molar-refractivity contribution is 7.17. The number of carbonyl (C=O) groups excluding carboxylic acids is 4. The second-order valence-corrected chi connectivity index (χ2v) is 10.9. The first-order valence-electron chi connectivity index (χ1n) is 13.3. The number of fused-ring (bicyclic) bond motifs is 2. The zero-order valence-electron chi connectivity index (χ0n) is 22.6. The van der Waals surface area contributed by atoms with Gasteiger partial charge in [-0.1, -0.05) is 54.1 Å². The van der Waals surface area contributed by atoms with Gasteiger partial charge in [-0.05, 0) is 67.1 Å². The molecule has 11 heteroatoms. The molecule has 1 aliphatic carbocycles. The van der Waals surface area contributed by atoms with Gasteiger partial charge < -0.3 is 14.8 Å². The maximum Gasteiger partial charge on any atom is 0.345 e. The van der Waals surface area contributed by atoms with E-state index in [0.29, 0.717) is 22.9 Å². The molecule has 0 fully saturated rings. The summed E-state index contributed by atoms with van der Waals surface area (Å²) >= 11 is 7.44. The van der Waals surface area contributed by atoms with E-state index in [9.17, 15) is 19.2 Å². The zero-order valence-corrected chi connectivity index (χ0v) is 24.1. The molecule has 0 bridgehead atoms. The molecule has 0 saturated carbocycles. The fourth-order valence-electron chi connectivity index (χ4n) is 4.72. The van der Waals surface area contributed by atoms with E-state index in [4.69, 9.17) is 21.1 Å². The number of ether oxygens (including phenoxy) is 2. The third kappa shape index (κ3) is 6.19. The highest BCUT2D eigenvalue weighted by atomic mass is 35.5. The van der Waals surface area contributed by atoms with Crippen molar-refractivity contribution in [1.29, 1.82) is 0 Å². The van der Waals surface area contributed by atoms with Gasteiger partial charge in [0, 0.05) is 10.4 Å². The molecule has 0 atom stereocenters. The molecule has 0 saturated heterocycles. The number of hydrazone groups is 1. The number of hydrogen-bond donors (Lipinski definition) is 2. The molecule has 0 unspecified atom stereocenters. The molecule has 0 aliphatic heterocycles. The number of benzene rings is 3. The number of rotatable bonds is 7. The molecule has 4 aromatic rings. The molecule has 2 amide bonds. The summed E-state index contributed by atoms with van der Waals surface area (Å²) in [5.74, 6) is -3.03. The Balaban J connectivity index is 1.35. The average Bonchev–Trinajstić information content (AvgIpc) is 3.36. The summed E-state index contributed by atoms with van der Waals surface area (Å²) in [7, 11) is 0. The summed E-state index contributed by atoms with van der Waals surface area (Å²) in [5.41, 5.74) is 3.99. The second-order valence-electron chi connectivity index (χ2n) is 9.36. The number of hydrogen-bond acceptors (Lipinski definition) is 8. The van der Waals surface area contributed by atoms with Crippen molar-refractivity contribution in [2.75, 3.05) is 11.9 Å².